The maximum Gasteiger partial charge on any atom is 0.245 e. The van der Waals surface area contributed by atoms with Crippen LogP contribution in [0.25, 0.3) is 0 Å². The van der Waals surface area contributed by atoms with E-state index in [1.54, 1.807) is 36.9 Å². The van der Waals surface area contributed by atoms with Crippen LogP contribution in [0.15, 0.2) is 42.5 Å². The Morgan fingerprint density at radius 1 is 0.919 bits per heavy atom. The van der Waals surface area contributed by atoms with E-state index in [2.05, 4.69) is 15.5 Å². The fourth-order valence-corrected chi connectivity index (χ4v) is 4.40. The summed E-state index contributed by atoms with van der Waals surface area (Å²) in [5.41, 5.74) is 1.39. The summed E-state index contributed by atoms with van der Waals surface area (Å²) in [5, 5.41) is 5.42. The van der Waals surface area contributed by atoms with E-state index in [1.165, 1.54) is 24.3 Å². The molecule has 1 aliphatic rings. The van der Waals surface area contributed by atoms with Crippen molar-refractivity contribution in [3.63, 3.8) is 0 Å². The number of nitrogens with zero attached hydrogens (tertiary/aromatic N) is 2. The van der Waals surface area contributed by atoms with Crippen LogP contribution in [0.1, 0.15) is 56.6 Å². The van der Waals surface area contributed by atoms with Crippen LogP contribution in [-0.4, -0.2) is 66.8 Å². The Hall–Kier alpha value is -3.33. The van der Waals surface area contributed by atoms with E-state index in [-0.39, 0.29) is 48.0 Å². The second-order valence-electron chi connectivity index (χ2n) is 9.76. The first-order valence-electron chi connectivity index (χ1n) is 12.7. The summed E-state index contributed by atoms with van der Waals surface area (Å²) >= 11 is 0. The minimum absolute atomic E-state index is 0.0341. The highest BCUT2D eigenvalue weighted by atomic mass is 19.1. The first-order chi connectivity index (χ1) is 17.6. The first kappa shape index (κ1) is 28.2. The summed E-state index contributed by atoms with van der Waals surface area (Å²) in [6.07, 6.45) is 0.336. The number of piperazine rings is 1. The Bertz CT molecular complexity index is 1100. The van der Waals surface area contributed by atoms with Crippen molar-refractivity contribution in [2.24, 2.45) is 0 Å². The van der Waals surface area contributed by atoms with Crippen LogP contribution >= 0.6 is 0 Å². The van der Waals surface area contributed by atoms with E-state index in [0.29, 0.717) is 18.7 Å². The van der Waals surface area contributed by atoms with Gasteiger partial charge in [-0.25, -0.2) is 8.78 Å². The maximum absolute atomic E-state index is 15.0. The van der Waals surface area contributed by atoms with Gasteiger partial charge in [0.2, 0.25) is 17.7 Å². The van der Waals surface area contributed by atoms with Gasteiger partial charge in [0.05, 0.1) is 5.69 Å². The Labute approximate surface area is 217 Å². The van der Waals surface area contributed by atoms with Crippen molar-refractivity contribution in [1.29, 1.82) is 0 Å². The Morgan fingerprint density at radius 3 is 2.14 bits per heavy atom. The number of halogens is 2. The first-order valence-corrected chi connectivity index (χ1v) is 12.7. The number of anilines is 1. The van der Waals surface area contributed by atoms with E-state index >= 15 is 4.39 Å². The van der Waals surface area contributed by atoms with Crippen LogP contribution in [0.3, 0.4) is 0 Å². The van der Waals surface area contributed by atoms with Crippen molar-refractivity contribution in [3.8, 4) is 0 Å². The molecular weight excluding hydrogens is 478 g/mol. The second-order valence-corrected chi connectivity index (χ2v) is 9.76. The minimum Gasteiger partial charge on any atom is -0.344 e. The Balaban J connectivity index is 1.70. The third-order valence-corrected chi connectivity index (χ3v) is 6.94. The molecule has 0 saturated carbocycles. The van der Waals surface area contributed by atoms with Gasteiger partial charge >= 0.3 is 0 Å². The van der Waals surface area contributed by atoms with E-state index in [4.69, 9.17) is 0 Å². The average molecular weight is 515 g/mol. The Kier molecular flexibility index (Phi) is 9.74. The molecule has 2 N–H and O–H groups in total. The van der Waals surface area contributed by atoms with Crippen LogP contribution in [-0.2, 0) is 14.4 Å². The highest BCUT2D eigenvalue weighted by Crippen LogP contribution is 2.27. The van der Waals surface area contributed by atoms with Crippen molar-refractivity contribution in [3.05, 3.63) is 65.2 Å². The highest BCUT2D eigenvalue weighted by molar-refractivity contribution is 5.91. The van der Waals surface area contributed by atoms with Crippen molar-refractivity contribution < 1.29 is 23.2 Å². The summed E-state index contributed by atoms with van der Waals surface area (Å²) in [5.74, 6) is -2.44. The molecule has 200 valence electrons. The van der Waals surface area contributed by atoms with Gasteiger partial charge in [-0.3, -0.25) is 14.4 Å². The number of likely N-dealkylation sites (N-methyl/N-ethyl adjacent to an activating group) is 1. The minimum atomic E-state index is -0.827. The summed E-state index contributed by atoms with van der Waals surface area (Å²) < 4.78 is 28.2. The molecule has 1 aliphatic heterocycles. The van der Waals surface area contributed by atoms with Crippen LogP contribution in [0, 0.1) is 11.6 Å². The number of benzene rings is 2. The molecule has 1 fully saturated rings. The molecule has 1 saturated heterocycles. The largest absolute Gasteiger partial charge is 0.344 e. The molecule has 0 radical (unpaired) electrons. The molecule has 0 spiro atoms. The van der Waals surface area contributed by atoms with Crippen molar-refractivity contribution in [2.75, 3.05) is 38.5 Å². The standard InChI is InChI=1S/C28H36F2N4O3/c1-5-25(35)32-27(28(37)34-14-12-33(4)13-15-34)19(3)21-8-11-24(23(30)17-21)31-26(36)16-18(2)20-6-9-22(29)10-7-20/h6-11,17-19,27H,5,12-16H2,1-4H3,(H,31,36)(H,32,35)/t18?,19-,27+/m0/s1. The molecule has 1 unspecified atom stereocenters. The third kappa shape index (κ3) is 7.58. The highest BCUT2D eigenvalue weighted by Gasteiger charge is 2.33. The summed E-state index contributed by atoms with van der Waals surface area (Å²) in [7, 11) is 1.99. The quantitative estimate of drug-likeness (QED) is 0.532. The normalized spacial score (nSPS) is 16.5. The lowest BCUT2D eigenvalue weighted by Gasteiger charge is -2.36. The lowest BCUT2D eigenvalue weighted by Crippen LogP contribution is -2.55. The smallest absolute Gasteiger partial charge is 0.245 e. The molecule has 0 aliphatic carbocycles. The summed E-state index contributed by atoms with van der Waals surface area (Å²) in [6, 6.07) is 9.54. The van der Waals surface area contributed by atoms with Gasteiger partial charge in [0.25, 0.3) is 0 Å². The predicted octanol–water partition coefficient (Wildman–Crippen LogP) is 3.87. The van der Waals surface area contributed by atoms with Crippen LogP contribution in [0.4, 0.5) is 14.5 Å². The molecule has 3 atom stereocenters. The monoisotopic (exact) mass is 514 g/mol. The average Bonchev–Trinajstić information content (AvgIpc) is 2.88. The topological polar surface area (TPSA) is 81.8 Å². The van der Waals surface area contributed by atoms with Gasteiger partial charge < -0.3 is 20.4 Å². The van der Waals surface area contributed by atoms with Gasteiger partial charge in [-0.05, 0) is 48.4 Å². The number of hydrogen-bond donors (Lipinski definition) is 2. The van der Waals surface area contributed by atoms with Gasteiger partial charge in [0.1, 0.15) is 17.7 Å². The van der Waals surface area contributed by atoms with Crippen molar-refractivity contribution >= 4 is 23.4 Å². The molecule has 3 rings (SSSR count). The molecule has 3 amide bonds. The number of rotatable bonds is 9. The fraction of sp³-hybridized carbons (Fsp3) is 0.464. The molecule has 7 nitrogen and oxygen atoms in total. The molecule has 0 aromatic heterocycles. The van der Waals surface area contributed by atoms with Crippen LogP contribution in [0.2, 0.25) is 0 Å². The maximum atomic E-state index is 15.0. The Morgan fingerprint density at radius 2 is 1.54 bits per heavy atom. The molecule has 2 aromatic carbocycles. The van der Waals surface area contributed by atoms with Crippen molar-refractivity contribution in [2.45, 2.75) is 51.5 Å². The fourth-order valence-electron chi connectivity index (χ4n) is 4.40. The van der Waals surface area contributed by atoms with Crippen molar-refractivity contribution in [1.82, 2.24) is 15.1 Å². The number of carbonyl (C=O) groups is 3. The summed E-state index contributed by atoms with van der Waals surface area (Å²) in [4.78, 5) is 42.0. The van der Waals surface area contributed by atoms with Gasteiger partial charge in [-0.15, -0.1) is 0 Å². The van der Waals surface area contributed by atoms with E-state index in [1.807, 2.05) is 14.0 Å². The SMILES string of the molecule is CCC(=O)N[C@@H](C(=O)N1CCN(C)CC1)[C@@H](C)c1ccc(NC(=O)CC(C)c2ccc(F)cc2)c(F)c1. The molecular formula is C28H36F2N4O3. The number of amides is 3. The van der Waals surface area contributed by atoms with Gasteiger partial charge in [0, 0.05) is 44.9 Å². The zero-order valence-electron chi connectivity index (χ0n) is 21.9. The molecule has 2 aromatic rings. The zero-order chi connectivity index (χ0) is 27.1. The van der Waals surface area contributed by atoms with Crippen LogP contribution < -0.4 is 10.6 Å². The molecule has 1 heterocycles. The molecule has 9 heteroatoms. The summed E-state index contributed by atoms with van der Waals surface area (Å²) in [6.45, 7) is 7.97. The lowest BCUT2D eigenvalue weighted by atomic mass is 9.91. The second kappa shape index (κ2) is 12.8. The molecule has 37 heavy (non-hydrogen) atoms. The van der Waals surface area contributed by atoms with Crippen LogP contribution in [0.5, 0.6) is 0 Å². The predicted molar refractivity (Wildman–Crippen MR) is 139 cm³/mol. The number of carbonyl (C=O) groups excluding carboxylic acids is 3. The van der Waals surface area contributed by atoms with Gasteiger partial charge in [-0.2, -0.15) is 0 Å². The molecule has 0 bridgehead atoms. The number of nitrogens with one attached hydrogen (secondary N) is 2. The van der Waals surface area contributed by atoms with Gasteiger partial charge in [-0.1, -0.05) is 39.0 Å². The van der Waals surface area contributed by atoms with E-state index in [9.17, 15) is 18.8 Å². The lowest BCUT2D eigenvalue weighted by molar-refractivity contribution is -0.138. The van der Waals surface area contributed by atoms with Gasteiger partial charge in [0.15, 0.2) is 0 Å². The van der Waals surface area contributed by atoms with E-state index < -0.39 is 17.8 Å². The zero-order valence-corrected chi connectivity index (χ0v) is 21.9. The third-order valence-electron chi connectivity index (χ3n) is 6.94. The number of hydrogen-bond acceptors (Lipinski definition) is 4. The van der Waals surface area contributed by atoms with E-state index in [0.717, 1.165) is 18.7 Å².